The van der Waals surface area contributed by atoms with Gasteiger partial charge in [0.05, 0.1) is 5.39 Å². The van der Waals surface area contributed by atoms with Crippen molar-refractivity contribution >= 4 is 22.8 Å². The number of aryl methyl sites for hydroxylation is 1. The summed E-state index contributed by atoms with van der Waals surface area (Å²) in [6.07, 6.45) is 1.50. The smallest absolute Gasteiger partial charge is 0.253 e. The Morgan fingerprint density at radius 1 is 1.15 bits per heavy atom. The van der Waals surface area contributed by atoms with E-state index in [2.05, 4.69) is 37.4 Å². The number of hydrogen-bond donors (Lipinski definition) is 2. The normalized spacial score (nSPS) is 15.3. The van der Waals surface area contributed by atoms with Crippen LogP contribution >= 0.6 is 0 Å². The average Bonchev–Trinajstić information content (AvgIpc) is 3.08. The highest BCUT2D eigenvalue weighted by Crippen LogP contribution is 2.21. The zero-order chi connectivity index (χ0) is 18.8. The first-order valence-corrected chi connectivity index (χ1v) is 9.08. The minimum atomic E-state index is 0.106. The standard InChI is InChI=1S/C19H23N7O/c1-13-16-17(21-12-22-18(16)24-23-13)20-11-14-3-5-15(6-4-14)19(27)26-9-7-25(2)8-10-26/h3-6,12H,7-11H2,1-2H3,(H2,20,21,22,23,24). The lowest BCUT2D eigenvalue weighted by molar-refractivity contribution is 0.0664. The fourth-order valence-electron chi connectivity index (χ4n) is 3.28. The van der Waals surface area contributed by atoms with Crippen LogP contribution < -0.4 is 5.32 Å². The summed E-state index contributed by atoms with van der Waals surface area (Å²) in [5.74, 6) is 0.859. The van der Waals surface area contributed by atoms with Gasteiger partial charge in [-0.25, -0.2) is 9.97 Å². The summed E-state index contributed by atoms with van der Waals surface area (Å²) in [4.78, 5) is 25.3. The molecule has 1 fully saturated rings. The van der Waals surface area contributed by atoms with Crippen molar-refractivity contribution in [2.75, 3.05) is 38.5 Å². The number of hydrogen-bond acceptors (Lipinski definition) is 6. The number of fused-ring (bicyclic) bond motifs is 1. The lowest BCUT2D eigenvalue weighted by atomic mass is 10.1. The first-order chi connectivity index (χ1) is 13.1. The van der Waals surface area contributed by atoms with Crippen molar-refractivity contribution in [2.45, 2.75) is 13.5 Å². The number of nitrogens with zero attached hydrogens (tertiary/aromatic N) is 5. The number of anilines is 1. The van der Waals surface area contributed by atoms with E-state index >= 15 is 0 Å². The van der Waals surface area contributed by atoms with Crippen LogP contribution in [-0.2, 0) is 6.54 Å². The predicted molar refractivity (Wildman–Crippen MR) is 104 cm³/mol. The highest BCUT2D eigenvalue weighted by atomic mass is 16.2. The number of carbonyl (C=O) groups excluding carboxylic acids is 1. The maximum atomic E-state index is 12.6. The Morgan fingerprint density at radius 2 is 1.89 bits per heavy atom. The van der Waals surface area contributed by atoms with E-state index in [1.807, 2.05) is 36.1 Å². The second kappa shape index (κ2) is 7.32. The largest absolute Gasteiger partial charge is 0.365 e. The quantitative estimate of drug-likeness (QED) is 0.731. The first-order valence-electron chi connectivity index (χ1n) is 9.08. The lowest BCUT2D eigenvalue weighted by Crippen LogP contribution is -2.47. The Morgan fingerprint density at radius 3 is 2.63 bits per heavy atom. The van der Waals surface area contributed by atoms with Crippen LogP contribution in [0.2, 0.25) is 0 Å². The van der Waals surface area contributed by atoms with Gasteiger partial charge in [0.1, 0.15) is 12.1 Å². The number of aromatic amines is 1. The Hall–Kier alpha value is -3.00. The van der Waals surface area contributed by atoms with Gasteiger partial charge in [0.2, 0.25) is 0 Å². The van der Waals surface area contributed by atoms with Crippen LogP contribution in [0.1, 0.15) is 21.6 Å². The third-order valence-corrected chi connectivity index (χ3v) is 4.98. The van der Waals surface area contributed by atoms with Gasteiger partial charge in [-0.15, -0.1) is 0 Å². The van der Waals surface area contributed by atoms with Crippen molar-refractivity contribution in [2.24, 2.45) is 0 Å². The fourth-order valence-corrected chi connectivity index (χ4v) is 3.28. The summed E-state index contributed by atoms with van der Waals surface area (Å²) in [7, 11) is 2.08. The summed E-state index contributed by atoms with van der Waals surface area (Å²) in [6.45, 7) is 5.98. The molecule has 1 aliphatic rings. The molecule has 1 aliphatic heterocycles. The maximum Gasteiger partial charge on any atom is 0.253 e. The molecule has 0 aliphatic carbocycles. The number of benzene rings is 1. The molecule has 0 bridgehead atoms. The molecule has 1 saturated heterocycles. The van der Waals surface area contributed by atoms with Gasteiger partial charge in [0.25, 0.3) is 5.91 Å². The van der Waals surface area contributed by atoms with Crippen LogP contribution in [0.15, 0.2) is 30.6 Å². The third-order valence-electron chi connectivity index (χ3n) is 4.98. The van der Waals surface area contributed by atoms with Gasteiger partial charge in [-0.1, -0.05) is 12.1 Å². The number of amides is 1. The molecule has 140 valence electrons. The molecule has 3 aromatic rings. The molecule has 0 saturated carbocycles. The maximum absolute atomic E-state index is 12.6. The molecule has 8 nitrogen and oxygen atoms in total. The third kappa shape index (κ3) is 3.61. The molecular weight excluding hydrogens is 342 g/mol. The van der Waals surface area contributed by atoms with Gasteiger partial charge in [-0.3, -0.25) is 9.89 Å². The Kier molecular flexibility index (Phi) is 4.72. The molecular formula is C19H23N7O. The summed E-state index contributed by atoms with van der Waals surface area (Å²) < 4.78 is 0. The Balaban J connectivity index is 1.42. The highest BCUT2D eigenvalue weighted by Gasteiger charge is 2.20. The molecule has 2 aromatic heterocycles. The van der Waals surface area contributed by atoms with Gasteiger partial charge in [0.15, 0.2) is 5.65 Å². The van der Waals surface area contributed by atoms with Crippen LogP contribution in [0.3, 0.4) is 0 Å². The molecule has 0 atom stereocenters. The van der Waals surface area contributed by atoms with Gasteiger partial charge in [0, 0.05) is 44.0 Å². The second-order valence-electron chi connectivity index (χ2n) is 6.92. The number of rotatable bonds is 4. The van der Waals surface area contributed by atoms with E-state index in [1.165, 1.54) is 6.33 Å². The molecule has 27 heavy (non-hydrogen) atoms. The van der Waals surface area contributed by atoms with E-state index in [9.17, 15) is 4.79 Å². The zero-order valence-electron chi connectivity index (χ0n) is 15.6. The van der Waals surface area contributed by atoms with E-state index in [0.29, 0.717) is 12.2 Å². The molecule has 0 radical (unpaired) electrons. The zero-order valence-corrected chi connectivity index (χ0v) is 15.6. The molecule has 1 aromatic carbocycles. The average molecular weight is 365 g/mol. The molecule has 4 rings (SSSR count). The minimum absolute atomic E-state index is 0.106. The minimum Gasteiger partial charge on any atom is -0.365 e. The van der Waals surface area contributed by atoms with Crippen LogP contribution in [0.25, 0.3) is 11.0 Å². The van der Waals surface area contributed by atoms with E-state index in [-0.39, 0.29) is 5.91 Å². The van der Waals surface area contributed by atoms with Gasteiger partial charge in [-0.05, 0) is 31.7 Å². The molecule has 3 heterocycles. The molecule has 0 spiro atoms. The van der Waals surface area contributed by atoms with Crippen molar-refractivity contribution in [1.29, 1.82) is 0 Å². The van der Waals surface area contributed by atoms with Crippen molar-refractivity contribution in [3.05, 3.63) is 47.4 Å². The van der Waals surface area contributed by atoms with Crippen LogP contribution in [0, 0.1) is 6.92 Å². The van der Waals surface area contributed by atoms with E-state index in [1.54, 1.807) is 0 Å². The number of piperazine rings is 1. The number of carbonyl (C=O) groups is 1. The van der Waals surface area contributed by atoms with Crippen LogP contribution in [0.4, 0.5) is 5.82 Å². The number of aromatic nitrogens is 4. The SMILES string of the molecule is Cc1[nH]nc2ncnc(NCc3ccc(C(=O)N4CCN(C)CC4)cc3)c12. The topological polar surface area (TPSA) is 90.0 Å². The van der Waals surface area contributed by atoms with Crippen LogP contribution in [0.5, 0.6) is 0 Å². The van der Waals surface area contributed by atoms with Gasteiger partial charge >= 0.3 is 0 Å². The molecule has 0 unspecified atom stereocenters. The summed E-state index contributed by atoms with van der Waals surface area (Å²) in [5.41, 5.74) is 3.40. The molecule has 8 heteroatoms. The van der Waals surface area contributed by atoms with E-state index < -0.39 is 0 Å². The van der Waals surface area contributed by atoms with Crippen molar-refractivity contribution in [1.82, 2.24) is 30.0 Å². The predicted octanol–water partition coefficient (Wildman–Crippen LogP) is 1.66. The fraction of sp³-hybridized carbons (Fsp3) is 0.368. The molecule has 1 amide bonds. The summed E-state index contributed by atoms with van der Waals surface area (Å²) in [5, 5.41) is 11.3. The number of likely N-dealkylation sites (N-methyl/N-ethyl adjacent to an activating group) is 1. The lowest BCUT2D eigenvalue weighted by Gasteiger charge is -2.32. The van der Waals surface area contributed by atoms with Crippen molar-refractivity contribution in [3.63, 3.8) is 0 Å². The number of H-pyrrole nitrogens is 1. The van der Waals surface area contributed by atoms with Gasteiger partial charge < -0.3 is 15.1 Å². The number of nitrogens with one attached hydrogen (secondary N) is 2. The van der Waals surface area contributed by atoms with E-state index in [0.717, 1.165) is 54.2 Å². The highest BCUT2D eigenvalue weighted by molar-refractivity contribution is 5.94. The van der Waals surface area contributed by atoms with Crippen molar-refractivity contribution in [3.8, 4) is 0 Å². The first kappa shape index (κ1) is 17.4. The van der Waals surface area contributed by atoms with E-state index in [4.69, 9.17) is 0 Å². The monoisotopic (exact) mass is 365 g/mol. The summed E-state index contributed by atoms with van der Waals surface area (Å²) in [6, 6.07) is 7.76. The van der Waals surface area contributed by atoms with Gasteiger partial charge in [-0.2, -0.15) is 5.10 Å². The summed E-state index contributed by atoms with van der Waals surface area (Å²) >= 11 is 0. The Bertz CT molecular complexity index is 942. The molecule has 2 N–H and O–H groups in total. The Labute approximate surface area is 157 Å². The van der Waals surface area contributed by atoms with Crippen molar-refractivity contribution < 1.29 is 4.79 Å². The second-order valence-corrected chi connectivity index (χ2v) is 6.92. The van der Waals surface area contributed by atoms with Crippen LogP contribution in [-0.4, -0.2) is 69.1 Å².